The third-order valence-electron chi connectivity index (χ3n) is 5.69. The summed E-state index contributed by atoms with van der Waals surface area (Å²) >= 11 is 6.13. The Kier molecular flexibility index (Phi) is 7.53. The molecule has 0 fully saturated rings. The van der Waals surface area contributed by atoms with Gasteiger partial charge in [-0.25, -0.2) is 0 Å². The highest BCUT2D eigenvalue weighted by molar-refractivity contribution is 6.30. The van der Waals surface area contributed by atoms with Gasteiger partial charge < -0.3 is 15.3 Å². The van der Waals surface area contributed by atoms with Crippen LogP contribution in [0.15, 0.2) is 42.5 Å². The van der Waals surface area contributed by atoms with Crippen molar-refractivity contribution in [1.29, 1.82) is 0 Å². The first-order valence-corrected chi connectivity index (χ1v) is 10.7. The number of hydrogen-bond donors (Lipinski definition) is 2. The van der Waals surface area contributed by atoms with Gasteiger partial charge in [-0.1, -0.05) is 49.7 Å². The van der Waals surface area contributed by atoms with Crippen LogP contribution in [0.3, 0.4) is 0 Å². The molecule has 5 nitrogen and oxygen atoms in total. The molecule has 1 atom stereocenters. The van der Waals surface area contributed by atoms with E-state index in [1.54, 1.807) is 18.2 Å². The maximum absolute atomic E-state index is 13.1. The number of benzene rings is 2. The van der Waals surface area contributed by atoms with Crippen molar-refractivity contribution in [1.82, 2.24) is 15.1 Å². The van der Waals surface area contributed by atoms with E-state index in [9.17, 15) is 9.90 Å². The predicted octanol–water partition coefficient (Wildman–Crippen LogP) is 3.43. The Morgan fingerprint density at radius 2 is 1.93 bits per heavy atom. The largest absolute Gasteiger partial charge is 0.508 e. The van der Waals surface area contributed by atoms with Crippen LogP contribution in [0.5, 0.6) is 5.75 Å². The third kappa shape index (κ3) is 5.50. The van der Waals surface area contributed by atoms with Crippen LogP contribution in [0.1, 0.15) is 30.5 Å². The minimum Gasteiger partial charge on any atom is -0.508 e. The van der Waals surface area contributed by atoms with Gasteiger partial charge in [-0.2, -0.15) is 0 Å². The molecular formula is C23H30ClN3O2. The molecule has 0 saturated carbocycles. The second-order valence-electron chi connectivity index (χ2n) is 7.48. The lowest BCUT2D eigenvalue weighted by Gasteiger charge is -2.36. The van der Waals surface area contributed by atoms with E-state index >= 15 is 0 Å². The van der Waals surface area contributed by atoms with E-state index in [0.717, 1.165) is 25.2 Å². The summed E-state index contributed by atoms with van der Waals surface area (Å²) in [5, 5.41) is 13.9. The first-order valence-electron chi connectivity index (χ1n) is 10.3. The molecule has 0 aliphatic carbocycles. The van der Waals surface area contributed by atoms with Crippen LogP contribution in [-0.2, 0) is 24.3 Å². The van der Waals surface area contributed by atoms with E-state index in [2.05, 4.69) is 41.1 Å². The van der Waals surface area contributed by atoms with E-state index in [-0.39, 0.29) is 17.7 Å². The highest BCUT2D eigenvalue weighted by atomic mass is 35.5. The number of rotatable bonds is 8. The fraction of sp³-hybridized carbons (Fsp3) is 0.435. The molecule has 1 aliphatic heterocycles. The Balaban J connectivity index is 1.76. The van der Waals surface area contributed by atoms with Crippen molar-refractivity contribution in [2.24, 2.45) is 0 Å². The molecule has 1 heterocycles. The zero-order valence-corrected chi connectivity index (χ0v) is 18.0. The van der Waals surface area contributed by atoms with Crippen LogP contribution >= 0.6 is 11.6 Å². The second-order valence-corrected chi connectivity index (χ2v) is 7.92. The van der Waals surface area contributed by atoms with Crippen LogP contribution < -0.4 is 5.32 Å². The summed E-state index contributed by atoms with van der Waals surface area (Å²) in [5.41, 5.74) is 3.17. The van der Waals surface area contributed by atoms with Gasteiger partial charge in [-0.05, 0) is 48.8 Å². The third-order valence-corrected chi connectivity index (χ3v) is 5.92. The maximum Gasteiger partial charge on any atom is 0.237 e. The van der Waals surface area contributed by atoms with Gasteiger partial charge in [0.15, 0.2) is 0 Å². The van der Waals surface area contributed by atoms with E-state index in [0.29, 0.717) is 31.1 Å². The van der Waals surface area contributed by atoms with E-state index in [4.69, 9.17) is 11.6 Å². The van der Waals surface area contributed by atoms with Gasteiger partial charge in [0.2, 0.25) is 5.91 Å². The van der Waals surface area contributed by atoms with Crippen molar-refractivity contribution in [2.45, 2.75) is 39.4 Å². The molecule has 0 saturated heterocycles. The van der Waals surface area contributed by atoms with Crippen molar-refractivity contribution in [3.63, 3.8) is 0 Å². The topological polar surface area (TPSA) is 55.8 Å². The molecule has 1 aliphatic rings. The van der Waals surface area contributed by atoms with Crippen LogP contribution in [-0.4, -0.2) is 53.0 Å². The molecule has 1 unspecified atom stereocenters. The Morgan fingerprint density at radius 1 is 1.21 bits per heavy atom. The normalized spacial score (nSPS) is 16.6. The number of nitrogens with zero attached hydrogens (tertiary/aromatic N) is 2. The number of phenolic OH excluding ortho intramolecular Hbond substituents is 1. The summed E-state index contributed by atoms with van der Waals surface area (Å²) in [6, 6.07) is 13.0. The highest BCUT2D eigenvalue weighted by Gasteiger charge is 2.31. The average molecular weight is 416 g/mol. The molecule has 2 N–H and O–H groups in total. The predicted molar refractivity (Wildman–Crippen MR) is 117 cm³/mol. The van der Waals surface area contributed by atoms with Gasteiger partial charge in [0.1, 0.15) is 5.75 Å². The Bertz CT molecular complexity index is 839. The van der Waals surface area contributed by atoms with E-state index in [1.165, 1.54) is 11.1 Å². The molecule has 2 aromatic rings. The average Bonchev–Trinajstić information content (AvgIpc) is 2.73. The van der Waals surface area contributed by atoms with Crippen molar-refractivity contribution in [2.75, 3.05) is 26.2 Å². The van der Waals surface area contributed by atoms with Gasteiger partial charge >= 0.3 is 0 Å². The number of phenols is 1. The fourth-order valence-corrected chi connectivity index (χ4v) is 4.09. The smallest absolute Gasteiger partial charge is 0.237 e. The second kappa shape index (κ2) is 10.1. The summed E-state index contributed by atoms with van der Waals surface area (Å²) < 4.78 is 0. The summed E-state index contributed by atoms with van der Waals surface area (Å²) in [4.78, 5) is 17.5. The fourth-order valence-electron chi connectivity index (χ4n) is 3.90. The van der Waals surface area contributed by atoms with Crippen LogP contribution in [0.2, 0.25) is 5.02 Å². The van der Waals surface area contributed by atoms with Crippen LogP contribution in [0.4, 0.5) is 0 Å². The molecule has 2 aromatic carbocycles. The van der Waals surface area contributed by atoms with Crippen molar-refractivity contribution < 1.29 is 9.90 Å². The number of carbonyl (C=O) groups is 1. The first kappa shape index (κ1) is 21.6. The van der Waals surface area contributed by atoms with E-state index in [1.807, 2.05) is 12.1 Å². The zero-order chi connectivity index (χ0) is 20.8. The molecule has 156 valence electrons. The molecular weight excluding hydrogens is 386 g/mol. The number of nitrogens with one attached hydrogen (secondary N) is 1. The first-order chi connectivity index (χ1) is 14.0. The number of likely N-dealkylation sites (N-methyl/N-ethyl adjacent to an activating group) is 1. The molecule has 0 radical (unpaired) electrons. The highest BCUT2D eigenvalue weighted by Crippen LogP contribution is 2.29. The van der Waals surface area contributed by atoms with Crippen molar-refractivity contribution in [3.05, 3.63) is 64.2 Å². The molecule has 29 heavy (non-hydrogen) atoms. The van der Waals surface area contributed by atoms with Crippen LogP contribution in [0.25, 0.3) is 0 Å². The van der Waals surface area contributed by atoms with Gasteiger partial charge in [0.25, 0.3) is 0 Å². The van der Waals surface area contributed by atoms with Gasteiger partial charge in [0, 0.05) is 36.8 Å². The lowest BCUT2D eigenvalue weighted by Crippen LogP contribution is -2.51. The minimum atomic E-state index is -0.278. The maximum atomic E-state index is 13.1. The van der Waals surface area contributed by atoms with Gasteiger partial charge in [-0.15, -0.1) is 0 Å². The van der Waals surface area contributed by atoms with Gasteiger partial charge in [0.05, 0.1) is 6.04 Å². The lowest BCUT2D eigenvalue weighted by atomic mass is 9.93. The van der Waals surface area contributed by atoms with Crippen molar-refractivity contribution >= 4 is 17.5 Å². The summed E-state index contributed by atoms with van der Waals surface area (Å²) in [6.45, 7) is 8.81. The minimum absolute atomic E-state index is 0.0353. The molecule has 0 aromatic heterocycles. The summed E-state index contributed by atoms with van der Waals surface area (Å²) in [7, 11) is 0. The standard InChI is InChI=1S/C23H30ClN3O2/c1-3-26(4-2)12-11-25-23(29)21-14-17-7-5-6-8-18(17)15-27(21)16-19-13-20(24)9-10-22(19)28/h5-10,13,21,28H,3-4,11-12,14-16H2,1-2H3,(H,25,29). The summed E-state index contributed by atoms with van der Waals surface area (Å²) in [5.74, 6) is 0.238. The Labute approximate surface area is 178 Å². The monoisotopic (exact) mass is 415 g/mol. The van der Waals surface area contributed by atoms with Crippen LogP contribution in [0, 0.1) is 0 Å². The molecule has 3 rings (SSSR count). The number of aromatic hydroxyl groups is 1. The number of halogens is 1. The molecule has 6 heteroatoms. The van der Waals surface area contributed by atoms with Crippen molar-refractivity contribution in [3.8, 4) is 5.75 Å². The van der Waals surface area contributed by atoms with E-state index < -0.39 is 0 Å². The lowest BCUT2D eigenvalue weighted by molar-refractivity contribution is -0.127. The quantitative estimate of drug-likeness (QED) is 0.693. The number of carbonyl (C=O) groups excluding carboxylic acids is 1. The number of amides is 1. The Hall–Kier alpha value is -2.08. The summed E-state index contributed by atoms with van der Waals surface area (Å²) in [6.07, 6.45) is 0.661. The number of hydrogen-bond acceptors (Lipinski definition) is 4. The zero-order valence-electron chi connectivity index (χ0n) is 17.2. The molecule has 1 amide bonds. The molecule has 0 bridgehead atoms. The molecule has 0 spiro atoms. The Morgan fingerprint density at radius 3 is 2.66 bits per heavy atom. The number of fused-ring (bicyclic) bond motifs is 1. The SMILES string of the molecule is CCN(CC)CCNC(=O)C1Cc2ccccc2CN1Cc1cc(Cl)ccc1O. The van der Waals surface area contributed by atoms with Gasteiger partial charge in [-0.3, -0.25) is 9.69 Å².